The molecule has 0 radical (unpaired) electrons. The molecule has 20 heavy (non-hydrogen) atoms. The van der Waals surface area contributed by atoms with Gasteiger partial charge in [0.1, 0.15) is 0 Å². The SMILES string of the molecule is CC(CC(=O)Nc1ccc(N)cc1)c1ccc(Br)cc1. The number of nitrogens with two attached hydrogens (primary N) is 1. The van der Waals surface area contributed by atoms with Crippen LogP contribution < -0.4 is 11.1 Å². The van der Waals surface area contributed by atoms with Crippen molar-refractivity contribution in [3.63, 3.8) is 0 Å². The Kier molecular flexibility index (Phi) is 4.79. The number of carbonyl (C=O) groups is 1. The molecule has 0 aliphatic carbocycles. The predicted molar refractivity (Wildman–Crippen MR) is 86.7 cm³/mol. The highest BCUT2D eigenvalue weighted by Crippen LogP contribution is 2.22. The van der Waals surface area contributed by atoms with Gasteiger partial charge in [-0.3, -0.25) is 4.79 Å². The maximum absolute atomic E-state index is 12.0. The Morgan fingerprint density at radius 1 is 1.15 bits per heavy atom. The molecule has 1 unspecified atom stereocenters. The highest BCUT2D eigenvalue weighted by molar-refractivity contribution is 9.10. The maximum atomic E-state index is 12.0. The molecule has 4 heteroatoms. The molecule has 1 atom stereocenters. The zero-order valence-electron chi connectivity index (χ0n) is 11.3. The number of anilines is 2. The molecular weight excluding hydrogens is 316 g/mol. The molecule has 0 bridgehead atoms. The van der Waals surface area contributed by atoms with E-state index in [0.717, 1.165) is 15.7 Å². The van der Waals surface area contributed by atoms with Gasteiger partial charge in [0.2, 0.25) is 5.91 Å². The van der Waals surface area contributed by atoms with Gasteiger partial charge in [-0.25, -0.2) is 0 Å². The molecule has 3 nitrogen and oxygen atoms in total. The Labute approximate surface area is 127 Å². The van der Waals surface area contributed by atoms with E-state index in [-0.39, 0.29) is 11.8 Å². The Morgan fingerprint density at radius 3 is 2.35 bits per heavy atom. The standard InChI is InChI=1S/C16H17BrN2O/c1-11(12-2-4-13(17)5-3-12)10-16(20)19-15-8-6-14(18)7-9-15/h2-9,11H,10,18H2,1H3,(H,19,20). The van der Waals surface area contributed by atoms with Gasteiger partial charge in [-0.05, 0) is 47.9 Å². The molecule has 2 aromatic carbocycles. The summed E-state index contributed by atoms with van der Waals surface area (Å²) in [4.78, 5) is 12.0. The molecule has 0 saturated carbocycles. The van der Waals surface area contributed by atoms with Crippen LogP contribution in [0.4, 0.5) is 11.4 Å². The van der Waals surface area contributed by atoms with Crippen molar-refractivity contribution >= 4 is 33.2 Å². The second-order valence-corrected chi connectivity index (χ2v) is 5.74. The third kappa shape index (κ3) is 4.10. The second kappa shape index (κ2) is 6.57. The van der Waals surface area contributed by atoms with Crippen molar-refractivity contribution in [2.45, 2.75) is 19.3 Å². The molecule has 0 aromatic heterocycles. The van der Waals surface area contributed by atoms with Crippen molar-refractivity contribution in [3.05, 3.63) is 58.6 Å². The van der Waals surface area contributed by atoms with Crippen LogP contribution in [0, 0.1) is 0 Å². The summed E-state index contributed by atoms with van der Waals surface area (Å²) in [6, 6.07) is 15.2. The lowest BCUT2D eigenvalue weighted by atomic mass is 9.97. The first-order chi connectivity index (χ1) is 9.54. The van der Waals surface area contributed by atoms with Crippen LogP contribution in [0.1, 0.15) is 24.8 Å². The first-order valence-corrected chi connectivity index (χ1v) is 7.25. The van der Waals surface area contributed by atoms with E-state index in [2.05, 4.69) is 21.2 Å². The van der Waals surface area contributed by atoms with E-state index in [0.29, 0.717) is 12.1 Å². The number of hydrogen-bond donors (Lipinski definition) is 2. The van der Waals surface area contributed by atoms with Gasteiger partial charge in [0.05, 0.1) is 0 Å². The largest absolute Gasteiger partial charge is 0.399 e. The Morgan fingerprint density at radius 2 is 1.75 bits per heavy atom. The minimum Gasteiger partial charge on any atom is -0.399 e. The molecule has 2 rings (SSSR count). The van der Waals surface area contributed by atoms with Crippen molar-refractivity contribution in [2.75, 3.05) is 11.1 Å². The minimum atomic E-state index is 0.00481. The third-order valence-electron chi connectivity index (χ3n) is 3.13. The van der Waals surface area contributed by atoms with E-state index in [4.69, 9.17) is 5.73 Å². The van der Waals surface area contributed by atoms with Crippen LogP contribution in [0.5, 0.6) is 0 Å². The van der Waals surface area contributed by atoms with Crippen molar-refractivity contribution in [1.82, 2.24) is 0 Å². The van der Waals surface area contributed by atoms with Crippen LogP contribution in [0.25, 0.3) is 0 Å². The lowest BCUT2D eigenvalue weighted by molar-refractivity contribution is -0.116. The Hall–Kier alpha value is -1.81. The van der Waals surface area contributed by atoms with E-state index in [1.54, 1.807) is 24.3 Å². The molecule has 0 aliphatic rings. The number of nitrogen functional groups attached to an aromatic ring is 1. The quantitative estimate of drug-likeness (QED) is 0.826. The first-order valence-electron chi connectivity index (χ1n) is 6.45. The van der Waals surface area contributed by atoms with Gasteiger partial charge in [-0.15, -0.1) is 0 Å². The van der Waals surface area contributed by atoms with Crippen molar-refractivity contribution in [3.8, 4) is 0 Å². The number of halogens is 1. The molecular formula is C16H17BrN2O. The summed E-state index contributed by atoms with van der Waals surface area (Å²) >= 11 is 3.41. The summed E-state index contributed by atoms with van der Waals surface area (Å²) in [5.74, 6) is 0.182. The fourth-order valence-corrected chi connectivity index (χ4v) is 2.23. The smallest absolute Gasteiger partial charge is 0.224 e. The molecule has 3 N–H and O–H groups in total. The average Bonchev–Trinajstić information content (AvgIpc) is 2.42. The monoisotopic (exact) mass is 332 g/mol. The Bertz CT molecular complexity index is 578. The van der Waals surface area contributed by atoms with Gasteiger partial charge in [-0.1, -0.05) is 35.0 Å². The second-order valence-electron chi connectivity index (χ2n) is 4.83. The third-order valence-corrected chi connectivity index (χ3v) is 3.65. The maximum Gasteiger partial charge on any atom is 0.224 e. The highest BCUT2D eigenvalue weighted by Gasteiger charge is 2.11. The lowest BCUT2D eigenvalue weighted by Gasteiger charge is -2.12. The van der Waals surface area contributed by atoms with Gasteiger partial charge >= 0.3 is 0 Å². The van der Waals surface area contributed by atoms with E-state index >= 15 is 0 Å². The first kappa shape index (κ1) is 14.6. The fourth-order valence-electron chi connectivity index (χ4n) is 1.97. The number of rotatable bonds is 4. The normalized spacial score (nSPS) is 11.9. The molecule has 104 valence electrons. The number of carbonyl (C=O) groups excluding carboxylic acids is 1. The topological polar surface area (TPSA) is 55.1 Å². The minimum absolute atomic E-state index is 0.00481. The summed E-state index contributed by atoms with van der Waals surface area (Å²) in [5.41, 5.74) is 8.22. The molecule has 0 saturated heterocycles. The summed E-state index contributed by atoms with van der Waals surface area (Å²) < 4.78 is 1.04. The van der Waals surface area contributed by atoms with E-state index < -0.39 is 0 Å². The molecule has 0 spiro atoms. The van der Waals surface area contributed by atoms with Crippen molar-refractivity contribution in [1.29, 1.82) is 0 Å². The predicted octanol–water partition coefficient (Wildman–Crippen LogP) is 4.16. The summed E-state index contributed by atoms with van der Waals surface area (Å²) in [6.45, 7) is 2.05. The molecule has 0 aliphatic heterocycles. The van der Waals surface area contributed by atoms with E-state index in [9.17, 15) is 4.79 Å². The average molecular weight is 333 g/mol. The van der Waals surface area contributed by atoms with Crippen LogP contribution in [-0.2, 0) is 4.79 Å². The highest BCUT2D eigenvalue weighted by atomic mass is 79.9. The van der Waals surface area contributed by atoms with Gasteiger partial charge in [-0.2, -0.15) is 0 Å². The van der Waals surface area contributed by atoms with Crippen LogP contribution in [-0.4, -0.2) is 5.91 Å². The Balaban J connectivity index is 1.93. The zero-order chi connectivity index (χ0) is 14.5. The van der Waals surface area contributed by atoms with Gasteiger partial charge < -0.3 is 11.1 Å². The van der Waals surface area contributed by atoms with Gasteiger partial charge in [0, 0.05) is 22.3 Å². The molecule has 1 amide bonds. The lowest BCUT2D eigenvalue weighted by Crippen LogP contribution is -2.14. The number of amides is 1. The summed E-state index contributed by atoms with van der Waals surface area (Å²) in [6.07, 6.45) is 0.450. The summed E-state index contributed by atoms with van der Waals surface area (Å²) in [7, 11) is 0. The van der Waals surface area contributed by atoms with Crippen molar-refractivity contribution < 1.29 is 4.79 Å². The van der Waals surface area contributed by atoms with Gasteiger partial charge in [0.15, 0.2) is 0 Å². The van der Waals surface area contributed by atoms with E-state index in [1.807, 2.05) is 31.2 Å². The van der Waals surface area contributed by atoms with E-state index in [1.165, 1.54) is 0 Å². The van der Waals surface area contributed by atoms with Crippen LogP contribution in [0.2, 0.25) is 0 Å². The summed E-state index contributed by atoms with van der Waals surface area (Å²) in [5, 5.41) is 2.88. The molecule has 2 aromatic rings. The van der Waals surface area contributed by atoms with Crippen LogP contribution >= 0.6 is 15.9 Å². The molecule has 0 heterocycles. The van der Waals surface area contributed by atoms with Gasteiger partial charge in [0.25, 0.3) is 0 Å². The number of benzene rings is 2. The zero-order valence-corrected chi connectivity index (χ0v) is 12.9. The van der Waals surface area contributed by atoms with Crippen LogP contribution in [0.3, 0.4) is 0 Å². The molecule has 0 fully saturated rings. The van der Waals surface area contributed by atoms with Crippen LogP contribution in [0.15, 0.2) is 53.0 Å². The number of nitrogens with one attached hydrogen (secondary N) is 1. The van der Waals surface area contributed by atoms with Crippen molar-refractivity contribution in [2.24, 2.45) is 0 Å². The fraction of sp³-hybridized carbons (Fsp3) is 0.188. The number of hydrogen-bond acceptors (Lipinski definition) is 2.